The third-order valence-corrected chi connectivity index (χ3v) is 6.90. The van der Waals surface area contributed by atoms with Crippen LogP contribution in [0, 0.1) is 15.7 Å². The molecule has 1 saturated heterocycles. The Morgan fingerprint density at radius 1 is 1.29 bits per heavy atom. The van der Waals surface area contributed by atoms with Crippen molar-refractivity contribution in [3.8, 4) is 0 Å². The van der Waals surface area contributed by atoms with Crippen LogP contribution in [0.1, 0.15) is 56.8 Å². The van der Waals surface area contributed by atoms with Crippen LogP contribution < -0.4 is 14.0 Å². The first kappa shape index (κ1) is 26.4. The van der Waals surface area contributed by atoms with Crippen LogP contribution in [0.25, 0.3) is 10.9 Å². The second-order valence-electron chi connectivity index (χ2n) is 8.79. The van der Waals surface area contributed by atoms with E-state index in [0.29, 0.717) is 6.42 Å². The van der Waals surface area contributed by atoms with E-state index in [9.17, 15) is 9.59 Å². The fraction of sp³-hybridized carbons (Fsp3) is 0.565. The lowest BCUT2D eigenvalue weighted by Crippen LogP contribution is -2.58. The number of H-pyrrole nitrogens is 1. The average Bonchev–Trinajstić information content (AvgIpc) is 3.15. The van der Waals surface area contributed by atoms with Gasteiger partial charge in [0, 0.05) is 36.5 Å². The first-order valence-corrected chi connectivity index (χ1v) is 12.5. The quantitative estimate of drug-likeness (QED) is 0.524. The highest BCUT2D eigenvalue weighted by Crippen LogP contribution is 2.54. The number of carbonyl (C=O) groups excluding carboxylic acids is 2. The Morgan fingerprint density at radius 2 is 1.97 bits per heavy atom. The number of fused-ring (bicyclic) bond motifs is 5. The third-order valence-electron chi connectivity index (χ3n) is 6.90. The molecule has 1 fully saturated rings. The van der Waals surface area contributed by atoms with Gasteiger partial charge in [-0.25, -0.2) is 4.79 Å². The molecule has 2 aliphatic heterocycles. The number of para-hydroxylation sites is 1. The van der Waals surface area contributed by atoms with Crippen LogP contribution in [0.4, 0.5) is 0 Å². The summed E-state index contributed by atoms with van der Waals surface area (Å²) in [6.07, 6.45) is 3.61. The van der Waals surface area contributed by atoms with E-state index in [4.69, 9.17) is 28.1 Å². The van der Waals surface area contributed by atoms with Gasteiger partial charge in [0.2, 0.25) is 0 Å². The molecule has 4 rings (SSSR count). The number of halogens is 1. The van der Waals surface area contributed by atoms with E-state index in [1.54, 1.807) is 0 Å². The maximum absolute atomic E-state index is 12.4. The number of ether oxygens (including phenoxy) is 2. The van der Waals surface area contributed by atoms with Crippen molar-refractivity contribution in [2.75, 3.05) is 20.2 Å². The van der Waals surface area contributed by atoms with E-state index in [-0.39, 0.29) is 11.5 Å². The smallest absolute Gasteiger partial charge is 0.347 e. The van der Waals surface area contributed by atoms with Gasteiger partial charge in [0.05, 0.1) is 28.1 Å². The van der Waals surface area contributed by atoms with Crippen molar-refractivity contribution in [2.45, 2.75) is 58.1 Å². The molecule has 0 aliphatic carbocycles. The van der Waals surface area contributed by atoms with Crippen molar-refractivity contribution in [3.05, 3.63) is 35.5 Å². The number of rotatable bonds is 5. The number of esters is 2. The Balaban J connectivity index is 0.000000588. The molecule has 11 heteroatoms. The third kappa shape index (κ3) is 5.88. The summed E-state index contributed by atoms with van der Waals surface area (Å²) in [6.45, 7) is 5.59. The summed E-state index contributed by atoms with van der Waals surface area (Å²) < 4.78 is 43.1. The summed E-state index contributed by atoms with van der Waals surface area (Å²) in [7, 11) is -3.35. The Bertz CT molecular complexity index is 1010. The highest BCUT2D eigenvalue weighted by molar-refractivity contribution is 5.85. The largest absolute Gasteiger partial charge is 0.466 e. The number of hydrogen-bond donors (Lipinski definition) is 2. The predicted octanol–water partition coefficient (Wildman–Crippen LogP) is -0.372. The minimum atomic E-state index is -4.69. The minimum Gasteiger partial charge on any atom is -0.466 e. The molecule has 0 radical (unpaired) electrons. The Kier molecular flexibility index (Phi) is 8.22. The van der Waals surface area contributed by atoms with Crippen molar-refractivity contribution in [3.63, 3.8) is 0 Å². The van der Waals surface area contributed by atoms with E-state index in [2.05, 4.69) is 41.1 Å². The fourth-order valence-corrected chi connectivity index (χ4v) is 5.60. The molecule has 3 atom stereocenters. The highest BCUT2D eigenvalue weighted by atomic mass is 35.7. The summed E-state index contributed by atoms with van der Waals surface area (Å²) in [6, 6.07) is 8.65. The first-order valence-electron chi connectivity index (χ1n) is 11.2. The van der Waals surface area contributed by atoms with Gasteiger partial charge in [-0.05, 0) is 49.3 Å². The van der Waals surface area contributed by atoms with Crippen LogP contribution in [0.2, 0.25) is 0 Å². The fourth-order valence-electron chi connectivity index (χ4n) is 5.60. The van der Waals surface area contributed by atoms with E-state index in [1.165, 1.54) is 36.2 Å². The van der Waals surface area contributed by atoms with Crippen LogP contribution in [0.5, 0.6) is 0 Å². The van der Waals surface area contributed by atoms with Gasteiger partial charge in [-0.15, -0.1) is 0 Å². The van der Waals surface area contributed by atoms with Gasteiger partial charge in [0.25, 0.3) is 0 Å². The van der Waals surface area contributed by atoms with E-state index >= 15 is 0 Å². The van der Waals surface area contributed by atoms with Gasteiger partial charge >= 0.3 is 11.9 Å². The molecule has 2 aromatic rings. The molecule has 1 aromatic heterocycles. The normalized spacial score (nSPS) is 23.2. The number of methoxy groups -OCH3 is 1. The lowest BCUT2D eigenvalue weighted by molar-refractivity contribution is -1.92. The number of nitrogens with one attached hydrogen (secondary N) is 1. The predicted molar refractivity (Wildman–Crippen MR) is 113 cm³/mol. The molecule has 1 aromatic carbocycles. The second kappa shape index (κ2) is 10.6. The Hall–Kier alpha value is -2.21. The zero-order valence-electron chi connectivity index (χ0n) is 19.5. The van der Waals surface area contributed by atoms with Crippen molar-refractivity contribution in [1.82, 2.24) is 9.88 Å². The van der Waals surface area contributed by atoms with Gasteiger partial charge in [-0.2, -0.15) is 14.0 Å². The Morgan fingerprint density at radius 3 is 2.59 bits per heavy atom. The topological polar surface area (TPSA) is 161 Å². The molecule has 10 nitrogen and oxygen atoms in total. The van der Waals surface area contributed by atoms with Crippen molar-refractivity contribution in [2.24, 2.45) is 5.41 Å². The van der Waals surface area contributed by atoms with Crippen LogP contribution >= 0.6 is 0 Å². The average molecular weight is 499 g/mol. The SMILES string of the molecule is CC[C@@]1(CC(OC(C)=O)C(=O)OC)CCCN2CCc3c([nH]c4ccccc34)[C@@H]21.[O-][Cl+3]([O-])([O-])O. The minimum absolute atomic E-state index is 0.164. The highest BCUT2D eigenvalue weighted by Gasteiger charge is 2.50. The number of aromatic amines is 1. The van der Waals surface area contributed by atoms with Crippen LogP contribution in [0.3, 0.4) is 0 Å². The van der Waals surface area contributed by atoms with Gasteiger partial charge in [0.15, 0.2) is 6.10 Å². The second-order valence-corrected chi connectivity index (χ2v) is 9.58. The van der Waals surface area contributed by atoms with E-state index in [0.717, 1.165) is 38.8 Å². The molecule has 3 heterocycles. The van der Waals surface area contributed by atoms with Crippen molar-refractivity contribution in [1.29, 1.82) is 0 Å². The summed E-state index contributed by atoms with van der Waals surface area (Å²) >= 11 is 0. The zero-order chi connectivity index (χ0) is 25.1. The molecule has 2 aliphatic rings. The van der Waals surface area contributed by atoms with Crippen molar-refractivity contribution >= 4 is 22.8 Å². The monoisotopic (exact) mass is 498 g/mol. The standard InChI is InChI=1S/C23H30N2O4.ClHO4/c1-4-23(14-19(22(27)28-3)29-15(2)26)11-7-12-25-13-10-17-16-8-5-6-9-18(16)24-20(17)21(23)25;2-1(3,4)5/h5-6,8-9,19,21,24H,4,7,10-14H2,1-3H3;(H,2,3,4,5)/t19?,21-,23+;/m1./s1. The Labute approximate surface area is 200 Å². The molecular weight excluding hydrogens is 468 g/mol. The lowest BCUT2D eigenvalue weighted by atomic mass is 9.65. The molecule has 2 N–H and O–H groups in total. The number of piperidine rings is 1. The van der Waals surface area contributed by atoms with Gasteiger partial charge in [-0.1, -0.05) is 25.1 Å². The van der Waals surface area contributed by atoms with Gasteiger partial charge in [0.1, 0.15) is 0 Å². The number of nitrogens with zero attached hydrogens (tertiary/aromatic N) is 1. The molecule has 1 unspecified atom stereocenters. The molecule has 34 heavy (non-hydrogen) atoms. The summed E-state index contributed by atoms with van der Waals surface area (Å²) in [5.41, 5.74) is 3.66. The van der Waals surface area contributed by atoms with Gasteiger partial charge < -0.3 is 14.5 Å². The molecule has 0 spiro atoms. The summed E-state index contributed by atoms with van der Waals surface area (Å²) in [4.78, 5) is 30.3. The summed E-state index contributed by atoms with van der Waals surface area (Å²) in [5.74, 6) is -0.924. The number of benzene rings is 1. The van der Waals surface area contributed by atoms with Crippen LogP contribution in [-0.4, -0.2) is 52.8 Å². The maximum atomic E-state index is 12.4. The van der Waals surface area contributed by atoms with Crippen LogP contribution in [0.15, 0.2) is 24.3 Å². The zero-order valence-corrected chi connectivity index (χ0v) is 20.3. The molecule has 0 bridgehead atoms. The molecule has 0 saturated carbocycles. The number of hydrogen-bond acceptors (Lipinski definition) is 9. The van der Waals surface area contributed by atoms with E-state index < -0.39 is 28.3 Å². The first-order chi connectivity index (χ1) is 16.0. The maximum Gasteiger partial charge on any atom is 0.347 e. The van der Waals surface area contributed by atoms with Crippen LogP contribution in [-0.2, 0) is 25.5 Å². The molecule has 0 amide bonds. The van der Waals surface area contributed by atoms with Crippen molar-refractivity contribution < 1.29 is 47.9 Å². The molecular formula is C23H31ClN2O8. The van der Waals surface area contributed by atoms with Gasteiger partial charge in [-0.3, -0.25) is 9.69 Å². The molecule has 188 valence electrons. The summed E-state index contributed by atoms with van der Waals surface area (Å²) in [5, 5.41) is 1.29. The van der Waals surface area contributed by atoms with E-state index in [1.807, 2.05) is 0 Å². The lowest BCUT2D eigenvalue weighted by Gasteiger charge is -2.52. The number of aromatic nitrogens is 1. The number of carbonyl (C=O) groups is 2.